The summed E-state index contributed by atoms with van der Waals surface area (Å²) >= 11 is 0.0120. The molecular weight excluding hydrogens is 727 g/mol. The molecule has 7 N–H and O–H groups in total. The van der Waals surface area contributed by atoms with Gasteiger partial charge in [0.15, 0.2) is 17.2 Å². The van der Waals surface area contributed by atoms with Gasteiger partial charge in [-0.2, -0.15) is 27.1 Å². The number of fused-ring (bicyclic) bond motifs is 2. The van der Waals surface area contributed by atoms with Crippen LogP contribution in [-0.2, 0) is 20.2 Å². The molecule has 49 heavy (non-hydrogen) atoms. The van der Waals surface area contributed by atoms with Crippen LogP contribution in [0.2, 0.25) is 0 Å². The van der Waals surface area contributed by atoms with Crippen LogP contribution in [0.1, 0.15) is 0 Å². The second kappa shape index (κ2) is 14.8. The molecule has 5 rings (SSSR count). The minimum absolute atomic E-state index is 0.00233. The van der Waals surface area contributed by atoms with Crippen LogP contribution in [0.15, 0.2) is 98.1 Å². The maximum absolute atomic E-state index is 12.0. The van der Waals surface area contributed by atoms with Crippen LogP contribution in [0.3, 0.4) is 0 Å². The molecule has 0 radical (unpaired) electrons. The molecule has 256 valence electrons. The van der Waals surface area contributed by atoms with Crippen LogP contribution in [0, 0.1) is 0 Å². The SMILES string of the molecule is O=S(=O)(O)CCNc1ccc2cc(OSO)c(N=Nc3ccc(N=Nc4ccc5cc(OSO)cc(S(=O)(=O)O)c5c4)cc3O)c(O)c2c1. The predicted molar refractivity (Wildman–Crippen MR) is 182 cm³/mol. The minimum atomic E-state index is -4.68. The van der Waals surface area contributed by atoms with Crippen molar-refractivity contribution in [1.29, 1.82) is 0 Å². The largest absolute Gasteiger partial charge is 0.506 e. The summed E-state index contributed by atoms with van der Waals surface area (Å²) in [7, 11) is -8.87. The first-order valence-corrected chi connectivity index (χ1v) is 17.9. The van der Waals surface area contributed by atoms with Gasteiger partial charge in [-0.1, -0.05) is 12.1 Å². The van der Waals surface area contributed by atoms with Gasteiger partial charge in [-0.25, -0.2) is 0 Å². The van der Waals surface area contributed by atoms with E-state index in [1.165, 1.54) is 54.6 Å². The third-order valence-corrected chi connectivity index (χ3v) is 8.79. The number of aromatic hydroxyl groups is 2. The smallest absolute Gasteiger partial charge is 0.295 e. The maximum Gasteiger partial charge on any atom is 0.295 e. The Morgan fingerprint density at radius 2 is 1.39 bits per heavy atom. The zero-order valence-electron chi connectivity index (χ0n) is 24.4. The van der Waals surface area contributed by atoms with Gasteiger partial charge in [0, 0.05) is 35.1 Å². The second-order valence-electron chi connectivity index (χ2n) is 9.91. The summed E-state index contributed by atoms with van der Waals surface area (Å²) in [6, 6.07) is 17.0. The maximum atomic E-state index is 12.0. The molecule has 0 aromatic heterocycles. The van der Waals surface area contributed by atoms with Crippen molar-refractivity contribution in [3.05, 3.63) is 72.8 Å². The fraction of sp³-hybridized carbons (Fsp3) is 0.0714. The lowest BCUT2D eigenvalue weighted by molar-refractivity contribution is 0.474. The molecule has 0 aliphatic heterocycles. The highest BCUT2D eigenvalue weighted by Gasteiger charge is 2.18. The number of hydrogen-bond donors (Lipinski definition) is 7. The lowest BCUT2D eigenvalue weighted by Crippen LogP contribution is -2.14. The lowest BCUT2D eigenvalue weighted by Gasteiger charge is -2.11. The molecule has 0 saturated heterocycles. The van der Waals surface area contributed by atoms with Gasteiger partial charge in [-0.3, -0.25) is 18.2 Å². The first-order chi connectivity index (χ1) is 23.3. The van der Waals surface area contributed by atoms with Crippen LogP contribution in [0.5, 0.6) is 23.0 Å². The normalized spacial score (nSPS) is 12.3. The molecule has 0 fully saturated rings. The van der Waals surface area contributed by atoms with Crippen molar-refractivity contribution in [2.24, 2.45) is 20.5 Å². The summed E-state index contributed by atoms with van der Waals surface area (Å²) in [5.74, 6) is -1.41. The molecular formula is C28H23N5O12S4. The molecule has 17 nitrogen and oxygen atoms in total. The van der Waals surface area contributed by atoms with Crippen LogP contribution >= 0.6 is 24.6 Å². The van der Waals surface area contributed by atoms with Crippen molar-refractivity contribution in [3.8, 4) is 23.0 Å². The zero-order valence-corrected chi connectivity index (χ0v) is 27.7. The van der Waals surface area contributed by atoms with E-state index in [0.29, 0.717) is 16.5 Å². The van der Waals surface area contributed by atoms with Crippen molar-refractivity contribution < 1.29 is 53.6 Å². The van der Waals surface area contributed by atoms with Crippen LogP contribution in [0.4, 0.5) is 28.4 Å². The first-order valence-electron chi connectivity index (χ1n) is 13.4. The summed E-state index contributed by atoms with van der Waals surface area (Å²) in [6.45, 7) is -0.103. The summed E-state index contributed by atoms with van der Waals surface area (Å²) in [6.07, 6.45) is 0. The summed E-state index contributed by atoms with van der Waals surface area (Å²) in [5, 5.41) is 41.8. The highest BCUT2D eigenvalue weighted by molar-refractivity contribution is 7.89. The standard InChI is InChI=1S/C28H23N5O12S4/c34-24-13-19(31-30-18-4-2-15-9-20(44-46-36)14-26(21(15)12-18)49(41,42)43)5-6-23(24)32-33-27-25(45-47-37)10-16-1-3-17(11-22(16)28(27)35)29-7-8-48(38,39)40/h1-6,9-14,29,34-37H,7-8H2,(H,38,39,40)(H,41,42,43). The molecule has 0 amide bonds. The van der Waals surface area contributed by atoms with Crippen LogP contribution < -0.4 is 13.7 Å². The molecule has 0 atom stereocenters. The van der Waals surface area contributed by atoms with Crippen molar-refractivity contribution >= 4 is 94.9 Å². The van der Waals surface area contributed by atoms with E-state index in [1.807, 2.05) is 0 Å². The van der Waals surface area contributed by atoms with E-state index in [-0.39, 0.29) is 82.0 Å². The number of benzene rings is 5. The zero-order chi connectivity index (χ0) is 35.3. The molecule has 5 aromatic rings. The van der Waals surface area contributed by atoms with Gasteiger partial charge < -0.3 is 23.9 Å². The van der Waals surface area contributed by atoms with Crippen LogP contribution in [0.25, 0.3) is 21.5 Å². The Labute approximate surface area is 286 Å². The van der Waals surface area contributed by atoms with Crippen molar-refractivity contribution in [3.63, 3.8) is 0 Å². The van der Waals surface area contributed by atoms with Gasteiger partial charge in [0.25, 0.3) is 20.2 Å². The quantitative estimate of drug-likeness (QED) is 0.0344. The molecule has 21 heteroatoms. The Hall–Kier alpha value is -4.74. The van der Waals surface area contributed by atoms with E-state index in [2.05, 4.69) is 25.8 Å². The van der Waals surface area contributed by atoms with Crippen LogP contribution in [-0.4, -0.2) is 57.6 Å². The molecule has 0 aliphatic carbocycles. The second-order valence-corrected chi connectivity index (χ2v) is 13.5. The van der Waals surface area contributed by atoms with E-state index in [1.54, 1.807) is 12.1 Å². The molecule has 0 heterocycles. The third kappa shape index (κ3) is 8.84. The number of nitrogens with one attached hydrogen (secondary N) is 1. The molecule has 0 aliphatic rings. The van der Waals surface area contributed by atoms with E-state index in [0.717, 1.165) is 6.07 Å². The van der Waals surface area contributed by atoms with Gasteiger partial charge in [-0.05, 0) is 59.3 Å². The number of azo groups is 2. The molecule has 0 bridgehead atoms. The number of phenols is 2. The summed E-state index contributed by atoms with van der Waals surface area (Å²) < 4.78 is 92.9. The highest BCUT2D eigenvalue weighted by atomic mass is 32.2. The topological polar surface area (TPSA) is 270 Å². The van der Waals surface area contributed by atoms with Gasteiger partial charge in [0.2, 0.25) is 24.6 Å². The average molecular weight is 750 g/mol. The number of rotatable bonds is 13. The fourth-order valence-corrected chi connectivity index (χ4v) is 5.98. The predicted octanol–water partition coefficient (Wildman–Crippen LogP) is 7.78. The van der Waals surface area contributed by atoms with Gasteiger partial charge in [0.05, 0.1) is 17.1 Å². The van der Waals surface area contributed by atoms with Crippen molar-refractivity contribution in [2.45, 2.75) is 4.90 Å². The minimum Gasteiger partial charge on any atom is -0.506 e. The molecule has 5 aromatic carbocycles. The number of nitrogens with zero attached hydrogens (tertiary/aromatic N) is 4. The number of anilines is 1. The summed E-state index contributed by atoms with van der Waals surface area (Å²) in [5.41, 5.74) is 0.527. The molecule has 0 spiro atoms. The Kier molecular flexibility index (Phi) is 10.7. The average Bonchev–Trinajstić information content (AvgIpc) is 3.03. The van der Waals surface area contributed by atoms with Crippen molar-refractivity contribution in [2.75, 3.05) is 17.6 Å². The Morgan fingerprint density at radius 1 is 0.714 bits per heavy atom. The van der Waals surface area contributed by atoms with E-state index < -0.39 is 36.6 Å². The Morgan fingerprint density at radius 3 is 2.06 bits per heavy atom. The number of hydrogen-bond acceptors (Lipinski definition) is 17. The van der Waals surface area contributed by atoms with E-state index >= 15 is 0 Å². The van der Waals surface area contributed by atoms with E-state index in [9.17, 15) is 36.2 Å². The summed E-state index contributed by atoms with van der Waals surface area (Å²) in [4.78, 5) is -0.477. The van der Waals surface area contributed by atoms with Gasteiger partial charge in [0.1, 0.15) is 22.1 Å². The first kappa shape index (κ1) is 35.6. The fourth-order valence-electron chi connectivity index (χ4n) is 4.51. The monoisotopic (exact) mass is 749 g/mol. The number of phenolic OH excluding ortho intramolecular Hbond substituents is 2. The third-order valence-electron chi connectivity index (χ3n) is 6.65. The van der Waals surface area contributed by atoms with Crippen molar-refractivity contribution in [1.82, 2.24) is 0 Å². The highest BCUT2D eigenvalue weighted by Crippen LogP contribution is 2.46. The van der Waals surface area contributed by atoms with Gasteiger partial charge in [-0.15, -0.1) is 10.2 Å². The Bertz CT molecular complexity index is 2340. The lowest BCUT2D eigenvalue weighted by atomic mass is 10.1. The Balaban J connectivity index is 1.40. The molecule has 0 saturated carbocycles. The van der Waals surface area contributed by atoms with Gasteiger partial charge >= 0.3 is 0 Å². The van der Waals surface area contributed by atoms with E-state index in [4.69, 9.17) is 17.5 Å². The molecule has 0 unspecified atom stereocenters.